The van der Waals surface area contributed by atoms with Crippen LogP contribution >= 0.6 is 0 Å². The van der Waals surface area contributed by atoms with Gasteiger partial charge in [-0.1, -0.05) is 68.2 Å². The highest BCUT2D eigenvalue weighted by molar-refractivity contribution is 5.35. The molecule has 1 saturated carbocycles. The van der Waals surface area contributed by atoms with Crippen molar-refractivity contribution < 1.29 is 0 Å². The number of rotatable bonds is 0. The largest absolute Gasteiger partial charge is 0.0771 e. The van der Waals surface area contributed by atoms with E-state index in [2.05, 4.69) is 19.1 Å². The third-order valence-corrected chi connectivity index (χ3v) is 4.24. The summed E-state index contributed by atoms with van der Waals surface area (Å²) in [6.07, 6.45) is 19.2. The van der Waals surface area contributed by atoms with Crippen LogP contribution in [0.3, 0.4) is 0 Å². The minimum atomic E-state index is 0.805. The van der Waals surface area contributed by atoms with Crippen LogP contribution in [-0.4, -0.2) is 0 Å². The smallest absolute Gasteiger partial charge is 0.00143 e. The standard InChI is InChI=1S/C16H26/c1-14-12-13-15-10-8-6-4-2-3-5-7-9-11-16(14)15/h12-13,15H,2-11H2,1H3. The molecule has 1 atom stereocenters. The van der Waals surface area contributed by atoms with E-state index < -0.39 is 0 Å². The minimum Gasteiger partial charge on any atom is -0.0771 e. The van der Waals surface area contributed by atoms with Gasteiger partial charge in [-0.2, -0.15) is 0 Å². The molecule has 0 heteroatoms. The van der Waals surface area contributed by atoms with E-state index >= 15 is 0 Å². The van der Waals surface area contributed by atoms with E-state index in [1.54, 1.807) is 11.1 Å². The van der Waals surface area contributed by atoms with Gasteiger partial charge in [0.2, 0.25) is 0 Å². The quantitative estimate of drug-likeness (QED) is 0.510. The summed E-state index contributed by atoms with van der Waals surface area (Å²) in [5, 5.41) is 0. The Kier molecular flexibility index (Phi) is 4.69. The maximum absolute atomic E-state index is 2.45. The van der Waals surface area contributed by atoms with Gasteiger partial charge in [-0.3, -0.25) is 0 Å². The first-order valence-corrected chi connectivity index (χ1v) is 7.26. The van der Waals surface area contributed by atoms with Crippen LogP contribution in [0.15, 0.2) is 23.3 Å². The summed E-state index contributed by atoms with van der Waals surface area (Å²) in [5.74, 6) is 0.805. The maximum Gasteiger partial charge on any atom is -0.00143 e. The molecule has 2 aliphatic carbocycles. The topological polar surface area (TPSA) is 0 Å². The predicted octanol–water partition coefficient (Wildman–Crippen LogP) is 5.40. The molecule has 1 fully saturated rings. The van der Waals surface area contributed by atoms with Crippen molar-refractivity contribution in [2.45, 2.75) is 71.1 Å². The molecule has 0 nitrogen and oxygen atoms in total. The Morgan fingerprint density at radius 3 is 2.25 bits per heavy atom. The first-order chi connectivity index (χ1) is 7.88. The highest BCUT2D eigenvalue weighted by atomic mass is 14.2. The molecule has 0 aromatic carbocycles. The summed E-state index contributed by atoms with van der Waals surface area (Å²) in [6.45, 7) is 2.30. The third kappa shape index (κ3) is 3.23. The molecule has 1 unspecified atom stereocenters. The van der Waals surface area contributed by atoms with Gasteiger partial charge in [-0.05, 0) is 32.1 Å². The second-order valence-electron chi connectivity index (χ2n) is 5.54. The van der Waals surface area contributed by atoms with Gasteiger partial charge in [0.1, 0.15) is 0 Å². The lowest BCUT2D eigenvalue weighted by atomic mass is 9.89. The van der Waals surface area contributed by atoms with Gasteiger partial charge in [0.05, 0.1) is 0 Å². The Bertz CT molecular complexity index is 270. The fraction of sp³-hybridized carbons (Fsp3) is 0.750. The molecule has 0 amide bonds. The molecule has 0 spiro atoms. The van der Waals surface area contributed by atoms with E-state index in [0.29, 0.717) is 0 Å². The molecule has 0 radical (unpaired) electrons. The molecule has 0 aromatic heterocycles. The van der Waals surface area contributed by atoms with Crippen molar-refractivity contribution in [1.29, 1.82) is 0 Å². The summed E-state index contributed by atoms with van der Waals surface area (Å²) in [7, 11) is 0. The van der Waals surface area contributed by atoms with Crippen molar-refractivity contribution in [2.24, 2.45) is 5.92 Å². The lowest BCUT2D eigenvalue weighted by Crippen LogP contribution is -2.00. The van der Waals surface area contributed by atoms with Crippen LogP contribution < -0.4 is 0 Å². The molecular weight excluding hydrogens is 192 g/mol. The summed E-state index contributed by atoms with van der Waals surface area (Å²) in [4.78, 5) is 0. The zero-order valence-corrected chi connectivity index (χ0v) is 10.8. The molecular formula is C16H26. The Hall–Kier alpha value is -0.520. The number of allylic oxidation sites excluding steroid dienone is 4. The van der Waals surface area contributed by atoms with Crippen LogP contribution in [0.5, 0.6) is 0 Å². The number of hydrogen-bond donors (Lipinski definition) is 0. The van der Waals surface area contributed by atoms with E-state index in [9.17, 15) is 0 Å². The fourth-order valence-corrected chi connectivity index (χ4v) is 3.17. The maximum atomic E-state index is 2.45. The Morgan fingerprint density at radius 2 is 1.50 bits per heavy atom. The molecule has 2 aliphatic rings. The summed E-state index contributed by atoms with van der Waals surface area (Å²) >= 11 is 0. The zero-order chi connectivity index (χ0) is 11.2. The number of hydrogen-bond acceptors (Lipinski definition) is 0. The second kappa shape index (κ2) is 6.27. The predicted molar refractivity (Wildman–Crippen MR) is 71.5 cm³/mol. The second-order valence-corrected chi connectivity index (χ2v) is 5.54. The van der Waals surface area contributed by atoms with Crippen LogP contribution in [-0.2, 0) is 0 Å². The van der Waals surface area contributed by atoms with Crippen LogP contribution in [0.1, 0.15) is 71.1 Å². The van der Waals surface area contributed by atoms with E-state index in [0.717, 1.165) is 5.92 Å². The minimum absolute atomic E-state index is 0.805. The molecule has 0 aromatic rings. The first-order valence-electron chi connectivity index (χ1n) is 7.26. The van der Waals surface area contributed by atoms with Gasteiger partial charge in [0.25, 0.3) is 0 Å². The highest BCUT2D eigenvalue weighted by Gasteiger charge is 2.17. The van der Waals surface area contributed by atoms with E-state index in [4.69, 9.17) is 0 Å². The van der Waals surface area contributed by atoms with Crippen molar-refractivity contribution >= 4 is 0 Å². The van der Waals surface area contributed by atoms with Crippen molar-refractivity contribution in [3.05, 3.63) is 23.3 Å². The van der Waals surface area contributed by atoms with E-state index in [1.807, 2.05) is 0 Å². The molecule has 0 heterocycles. The highest BCUT2D eigenvalue weighted by Crippen LogP contribution is 2.33. The average molecular weight is 218 g/mol. The summed E-state index contributed by atoms with van der Waals surface area (Å²) in [6, 6.07) is 0. The SMILES string of the molecule is CC1=C2CCCCCCCCCCC2C=C1. The van der Waals surface area contributed by atoms with Crippen molar-refractivity contribution in [2.75, 3.05) is 0 Å². The normalized spacial score (nSPS) is 28.4. The first kappa shape index (κ1) is 12.0. The van der Waals surface area contributed by atoms with Gasteiger partial charge >= 0.3 is 0 Å². The molecule has 0 aliphatic heterocycles. The Balaban J connectivity index is 1.92. The molecule has 2 rings (SSSR count). The third-order valence-electron chi connectivity index (χ3n) is 4.24. The van der Waals surface area contributed by atoms with Gasteiger partial charge in [0, 0.05) is 0 Å². The molecule has 0 saturated heterocycles. The van der Waals surface area contributed by atoms with Gasteiger partial charge < -0.3 is 0 Å². The Morgan fingerprint density at radius 1 is 0.875 bits per heavy atom. The lowest BCUT2D eigenvalue weighted by molar-refractivity contribution is 0.511. The summed E-state index contributed by atoms with van der Waals surface area (Å²) < 4.78 is 0. The van der Waals surface area contributed by atoms with Crippen LogP contribution in [0.4, 0.5) is 0 Å². The lowest BCUT2D eigenvalue weighted by Gasteiger charge is -2.16. The zero-order valence-electron chi connectivity index (χ0n) is 10.8. The summed E-state index contributed by atoms with van der Waals surface area (Å²) in [5.41, 5.74) is 3.34. The Labute approximate surface area is 101 Å². The monoisotopic (exact) mass is 218 g/mol. The fourth-order valence-electron chi connectivity index (χ4n) is 3.17. The molecule has 0 N–H and O–H groups in total. The van der Waals surface area contributed by atoms with Crippen molar-refractivity contribution in [3.63, 3.8) is 0 Å². The number of fused-ring (bicyclic) bond motifs is 1. The van der Waals surface area contributed by atoms with Crippen LogP contribution in [0.25, 0.3) is 0 Å². The van der Waals surface area contributed by atoms with Gasteiger partial charge in [0.15, 0.2) is 0 Å². The van der Waals surface area contributed by atoms with Crippen LogP contribution in [0.2, 0.25) is 0 Å². The van der Waals surface area contributed by atoms with E-state index in [1.165, 1.54) is 64.2 Å². The van der Waals surface area contributed by atoms with Crippen molar-refractivity contribution in [1.82, 2.24) is 0 Å². The van der Waals surface area contributed by atoms with Gasteiger partial charge in [-0.15, -0.1) is 0 Å². The average Bonchev–Trinajstić information content (AvgIpc) is 2.60. The van der Waals surface area contributed by atoms with Crippen molar-refractivity contribution in [3.8, 4) is 0 Å². The van der Waals surface area contributed by atoms with Crippen LogP contribution in [0, 0.1) is 5.92 Å². The molecule has 90 valence electrons. The molecule has 0 bridgehead atoms. The van der Waals surface area contributed by atoms with Gasteiger partial charge in [-0.25, -0.2) is 0 Å². The van der Waals surface area contributed by atoms with E-state index in [-0.39, 0.29) is 0 Å². The molecule has 16 heavy (non-hydrogen) atoms.